The summed E-state index contributed by atoms with van der Waals surface area (Å²) in [6.07, 6.45) is 0.614. The molecule has 2 heterocycles. The number of nitrogens with one attached hydrogen (secondary N) is 1. The summed E-state index contributed by atoms with van der Waals surface area (Å²) < 4.78 is 47.4. The van der Waals surface area contributed by atoms with E-state index in [4.69, 9.17) is 10.00 Å². The molecule has 8 heteroatoms. The molecule has 0 radical (unpaired) electrons. The zero-order valence-electron chi connectivity index (χ0n) is 14.9. The van der Waals surface area contributed by atoms with Gasteiger partial charge in [0.25, 0.3) is 5.92 Å². The lowest BCUT2D eigenvalue weighted by atomic mass is 9.94. The van der Waals surface area contributed by atoms with Gasteiger partial charge in [0.1, 0.15) is 5.82 Å². The number of carbonyl (C=O) groups is 1. The van der Waals surface area contributed by atoms with Crippen LogP contribution in [0.3, 0.4) is 0 Å². The minimum Gasteiger partial charge on any atom is -0.381 e. The molecule has 0 bridgehead atoms. The van der Waals surface area contributed by atoms with E-state index in [0.717, 1.165) is 0 Å². The number of anilines is 1. The van der Waals surface area contributed by atoms with E-state index in [1.807, 2.05) is 11.0 Å². The Hall–Kier alpha value is -2.27. The largest absolute Gasteiger partial charge is 0.381 e. The fourth-order valence-corrected chi connectivity index (χ4v) is 3.58. The van der Waals surface area contributed by atoms with Gasteiger partial charge in [0.05, 0.1) is 30.0 Å². The molecule has 27 heavy (non-hydrogen) atoms. The maximum Gasteiger partial charge on any atom is 0.270 e. The third-order valence-electron chi connectivity index (χ3n) is 5.24. The van der Waals surface area contributed by atoms with Crippen molar-refractivity contribution in [2.24, 2.45) is 5.92 Å². The second-order valence-electron chi connectivity index (χ2n) is 7.01. The van der Waals surface area contributed by atoms with Crippen molar-refractivity contribution in [3.63, 3.8) is 0 Å². The van der Waals surface area contributed by atoms with Crippen LogP contribution in [-0.2, 0) is 9.53 Å². The van der Waals surface area contributed by atoms with E-state index >= 15 is 0 Å². The van der Waals surface area contributed by atoms with Gasteiger partial charge >= 0.3 is 0 Å². The van der Waals surface area contributed by atoms with Crippen molar-refractivity contribution in [3.8, 4) is 6.07 Å². The van der Waals surface area contributed by atoms with E-state index in [0.29, 0.717) is 31.6 Å². The first-order chi connectivity index (χ1) is 12.9. The van der Waals surface area contributed by atoms with Crippen LogP contribution in [0.15, 0.2) is 18.2 Å². The van der Waals surface area contributed by atoms with E-state index in [1.54, 1.807) is 12.1 Å². The first kappa shape index (κ1) is 19.5. The fourth-order valence-electron chi connectivity index (χ4n) is 3.58. The highest BCUT2D eigenvalue weighted by molar-refractivity contribution is 5.79. The average molecular weight is 381 g/mol. The normalized spacial score (nSPS) is 23.3. The van der Waals surface area contributed by atoms with E-state index < -0.39 is 24.2 Å². The highest BCUT2D eigenvalue weighted by Crippen LogP contribution is 2.30. The van der Waals surface area contributed by atoms with Crippen LogP contribution in [0.2, 0.25) is 0 Å². The molecular formula is C19H22F3N3O2. The molecule has 0 spiro atoms. The van der Waals surface area contributed by atoms with Gasteiger partial charge in [0.2, 0.25) is 5.91 Å². The Balaban J connectivity index is 1.57. The maximum absolute atomic E-state index is 14.1. The zero-order valence-corrected chi connectivity index (χ0v) is 14.9. The fraction of sp³-hybridized carbons (Fsp3) is 0.579. The topological polar surface area (TPSA) is 65.4 Å². The first-order valence-electron chi connectivity index (χ1n) is 9.11. The Kier molecular flexibility index (Phi) is 5.90. The molecule has 5 nitrogen and oxygen atoms in total. The van der Waals surface area contributed by atoms with Gasteiger partial charge in [-0.1, -0.05) is 0 Å². The van der Waals surface area contributed by atoms with Gasteiger partial charge < -0.3 is 15.0 Å². The molecule has 2 saturated heterocycles. The Labute approximate surface area is 156 Å². The van der Waals surface area contributed by atoms with E-state index in [1.165, 1.54) is 6.07 Å². The predicted octanol–water partition coefficient (Wildman–Crippen LogP) is 2.84. The molecule has 146 valence electrons. The number of amides is 1. The average Bonchev–Trinajstić information content (AvgIpc) is 2.82. The van der Waals surface area contributed by atoms with Crippen LogP contribution in [0.4, 0.5) is 18.9 Å². The molecule has 1 unspecified atom stereocenters. The van der Waals surface area contributed by atoms with Crippen LogP contribution >= 0.6 is 0 Å². The molecule has 1 atom stereocenters. The quantitative estimate of drug-likeness (QED) is 0.875. The Bertz CT molecular complexity index is 727. The molecule has 0 aromatic heterocycles. The van der Waals surface area contributed by atoms with Crippen LogP contribution in [0.25, 0.3) is 0 Å². The van der Waals surface area contributed by atoms with Gasteiger partial charge in [-0.25, -0.2) is 13.2 Å². The number of nitrogens with zero attached hydrogens (tertiary/aromatic N) is 2. The van der Waals surface area contributed by atoms with Crippen molar-refractivity contribution < 1.29 is 22.7 Å². The SMILES string of the molecule is N#Cc1ccc(N2CCC(C(=O)NC3CCOCCC3(F)F)CC2)c(F)c1. The third-order valence-corrected chi connectivity index (χ3v) is 5.24. The Morgan fingerprint density at radius 3 is 2.67 bits per heavy atom. The van der Waals surface area contributed by atoms with Crippen molar-refractivity contribution >= 4 is 11.6 Å². The Morgan fingerprint density at radius 2 is 2.00 bits per heavy atom. The van der Waals surface area contributed by atoms with Gasteiger partial charge in [-0.3, -0.25) is 4.79 Å². The van der Waals surface area contributed by atoms with Crippen molar-refractivity contribution in [1.82, 2.24) is 5.32 Å². The number of hydrogen-bond acceptors (Lipinski definition) is 4. The standard InChI is InChI=1S/C19H22F3N3O2/c20-15-11-13(12-23)1-2-16(15)25-7-3-14(4-8-25)18(26)24-17-5-9-27-10-6-19(17,21)22/h1-2,11,14,17H,3-10H2,(H,24,26). The van der Waals surface area contributed by atoms with Gasteiger partial charge in [0, 0.05) is 32.0 Å². The van der Waals surface area contributed by atoms with Gasteiger partial charge in [-0.05, 0) is 37.5 Å². The molecular weight excluding hydrogens is 359 g/mol. The molecule has 0 aliphatic carbocycles. The number of ether oxygens (including phenoxy) is 1. The minimum atomic E-state index is -2.97. The van der Waals surface area contributed by atoms with Crippen molar-refractivity contribution in [1.29, 1.82) is 5.26 Å². The molecule has 2 aliphatic rings. The molecule has 1 aromatic carbocycles. The minimum absolute atomic E-state index is 0.00604. The highest BCUT2D eigenvalue weighted by atomic mass is 19.3. The van der Waals surface area contributed by atoms with E-state index in [9.17, 15) is 18.0 Å². The van der Waals surface area contributed by atoms with Crippen molar-refractivity contribution in [2.45, 2.75) is 37.6 Å². The number of carbonyl (C=O) groups excluding carboxylic acids is 1. The van der Waals surface area contributed by atoms with Gasteiger partial charge in [-0.2, -0.15) is 5.26 Å². The van der Waals surface area contributed by atoms with Crippen LogP contribution < -0.4 is 10.2 Å². The summed E-state index contributed by atoms with van der Waals surface area (Å²) in [5, 5.41) is 11.3. The predicted molar refractivity (Wildman–Crippen MR) is 93.0 cm³/mol. The third kappa shape index (κ3) is 4.53. The van der Waals surface area contributed by atoms with E-state index in [-0.39, 0.29) is 37.0 Å². The molecule has 2 aliphatic heterocycles. The number of rotatable bonds is 3. The monoisotopic (exact) mass is 381 g/mol. The van der Waals surface area contributed by atoms with Gasteiger partial charge in [0.15, 0.2) is 0 Å². The molecule has 1 N–H and O–H groups in total. The highest BCUT2D eigenvalue weighted by Gasteiger charge is 2.42. The second-order valence-corrected chi connectivity index (χ2v) is 7.01. The summed E-state index contributed by atoms with van der Waals surface area (Å²) in [6.45, 7) is 1.10. The summed E-state index contributed by atoms with van der Waals surface area (Å²) in [5.74, 6) is -4.20. The lowest BCUT2D eigenvalue weighted by Crippen LogP contribution is -2.50. The van der Waals surface area contributed by atoms with Crippen LogP contribution in [0.1, 0.15) is 31.2 Å². The lowest BCUT2D eigenvalue weighted by molar-refractivity contribution is -0.130. The molecule has 3 rings (SSSR count). The summed E-state index contributed by atoms with van der Waals surface area (Å²) in [4.78, 5) is 14.3. The number of benzene rings is 1. The summed E-state index contributed by atoms with van der Waals surface area (Å²) >= 11 is 0. The number of alkyl halides is 2. The molecule has 1 aromatic rings. The Morgan fingerprint density at radius 1 is 1.26 bits per heavy atom. The number of hydrogen-bond donors (Lipinski definition) is 1. The molecule has 0 saturated carbocycles. The maximum atomic E-state index is 14.1. The van der Waals surface area contributed by atoms with Crippen LogP contribution in [0.5, 0.6) is 0 Å². The summed E-state index contributed by atoms with van der Waals surface area (Å²) in [7, 11) is 0. The molecule has 1 amide bonds. The summed E-state index contributed by atoms with van der Waals surface area (Å²) in [6, 6.07) is 4.97. The number of halogens is 3. The first-order valence-corrected chi connectivity index (χ1v) is 9.11. The van der Waals surface area contributed by atoms with Crippen molar-refractivity contribution in [3.05, 3.63) is 29.6 Å². The smallest absolute Gasteiger partial charge is 0.270 e. The zero-order chi connectivity index (χ0) is 19.4. The lowest BCUT2D eigenvalue weighted by Gasteiger charge is -2.34. The molecule has 2 fully saturated rings. The number of nitriles is 1. The van der Waals surface area contributed by atoms with E-state index in [2.05, 4.69) is 5.32 Å². The second kappa shape index (κ2) is 8.17. The van der Waals surface area contributed by atoms with Crippen LogP contribution in [-0.4, -0.2) is 44.2 Å². The summed E-state index contributed by atoms with van der Waals surface area (Å²) in [5.41, 5.74) is 0.638. The van der Waals surface area contributed by atoms with Crippen molar-refractivity contribution in [2.75, 3.05) is 31.2 Å². The number of piperidine rings is 1. The van der Waals surface area contributed by atoms with Gasteiger partial charge in [-0.15, -0.1) is 0 Å². The van der Waals surface area contributed by atoms with Crippen LogP contribution in [0, 0.1) is 23.1 Å².